The van der Waals surface area contributed by atoms with E-state index >= 15 is 0 Å². The predicted octanol–water partition coefficient (Wildman–Crippen LogP) is 2.57. The predicted molar refractivity (Wildman–Crippen MR) is 92.2 cm³/mol. The summed E-state index contributed by atoms with van der Waals surface area (Å²) in [5, 5.41) is 10.3. The number of carbonyl (C=O) groups excluding carboxylic acids is 1. The van der Waals surface area contributed by atoms with E-state index in [1.807, 2.05) is 0 Å². The minimum absolute atomic E-state index is 0.00235. The average Bonchev–Trinajstić information content (AvgIpc) is 2.61. The molecule has 0 unspecified atom stereocenters. The van der Waals surface area contributed by atoms with Crippen molar-refractivity contribution < 1.29 is 14.3 Å². The van der Waals surface area contributed by atoms with Gasteiger partial charge in [-0.2, -0.15) is 0 Å². The number of phenolic OH excluding ortho intramolecular Hbond substituents is 1. The minimum atomic E-state index is -0.695. The number of aromatic hydroxyl groups is 1. The Morgan fingerprint density at radius 2 is 1.64 bits per heavy atom. The number of fused-ring (bicyclic) bond motifs is 2. The minimum Gasteiger partial charge on any atom is -0.507 e. The van der Waals surface area contributed by atoms with Gasteiger partial charge in [0, 0.05) is 0 Å². The van der Waals surface area contributed by atoms with Crippen molar-refractivity contribution in [3.8, 4) is 5.75 Å². The summed E-state index contributed by atoms with van der Waals surface area (Å²) in [7, 11) is 0. The molecule has 0 aliphatic heterocycles. The first kappa shape index (κ1) is 14.9. The Hall–Kier alpha value is -3.67. The number of rotatable bonds is 2. The largest absolute Gasteiger partial charge is 0.507 e. The highest BCUT2D eigenvalue weighted by Gasteiger charge is 2.19. The van der Waals surface area contributed by atoms with Crippen LogP contribution in [0.15, 0.2) is 68.6 Å². The molecule has 0 aliphatic rings. The fourth-order valence-corrected chi connectivity index (χ4v) is 2.74. The SMILES string of the molecule is O=C(c1ccccc1O)c1cc2c(=O)c3ccccc3oc2[nH]c1=O. The van der Waals surface area contributed by atoms with Crippen LogP contribution in [-0.4, -0.2) is 15.9 Å². The molecule has 6 nitrogen and oxygen atoms in total. The number of ketones is 1. The fraction of sp³-hybridized carbons (Fsp3) is 0. The summed E-state index contributed by atoms with van der Waals surface area (Å²) in [6.45, 7) is 0. The topological polar surface area (TPSA) is 100 Å². The Bertz CT molecular complexity index is 1270. The number of hydrogen-bond acceptors (Lipinski definition) is 5. The van der Waals surface area contributed by atoms with Crippen LogP contribution in [0.3, 0.4) is 0 Å². The Labute approximate surface area is 140 Å². The van der Waals surface area contributed by atoms with Crippen LogP contribution in [0.1, 0.15) is 15.9 Å². The first-order valence-corrected chi connectivity index (χ1v) is 7.48. The molecule has 4 rings (SSSR count). The van der Waals surface area contributed by atoms with Crippen molar-refractivity contribution in [3.05, 3.63) is 86.3 Å². The molecule has 0 aliphatic carbocycles. The highest BCUT2D eigenvalue weighted by atomic mass is 16.3. The molecular formula is C19H11NO5. The van der Waals surface area contributed by atoms with Gasteiger partial charge in [0.05, 0.1) is 21.9 Å². The van der Waals surface area contributed by atoms with Crippen LogP contribution >= 0.6 is 0 Å². The Morgan fingerprint density at radius 1 is 0.920 bits per heavy atom. The molecule has 0 fully saturated rings. The molecule has 122 valence electrons. The van der Waals surface area contributed by atoms with Gasteiger partial charge in [-0.1, -0.05) is 24.3 Å². The summed E-state index contributed by atoms with van der Waals surface area (Å²) < 4.78 is 5.56. The van der Waals surface area contributed by atoms with Gasteiger partial charge >= 0.3 is 0 Å². The van der Waals surface area contributed by atoms with Crippen LogP contribution in [0.2, 0.25) is 0 Å². The lowest BCUT2D eigenvalue weighted by Gasteiger charge is -2.05. The molecule has 0 radical (unpaired) electrons. The van der Waals surface area contributed by atoms with Crippen LogP contribution in [0.4, 0.5) is 0 Å². The van der Waals surface area contributed by atoms with E-state index in [1.165, 1.54) is 18.2 Å². The van der Waals surface area contributed by atoms with Crippen molar-refractivity contribution in [1.29, 1.82) is 0 Å². The zero-order valence-electron chi connectivity index (χ0n) is 12.8. The Kier molecular flexibility index (Phi) is 3.25. The van der Waals surface area contributed by atoms with E-state index in [2.05, 4.69) is 4.98 Å². The van der Waals surface area contributed by atoms with Gasteiger partial charge in [0.2, 0.25) is 16.9 Å². The van der Waals surface area contributed by atoms with E-state index in [-0.39, 0.29) is 33.4 Å². The number of phenols is 1. The Morgan fingerprint density at radius 3 is 2.44 bits per heavy atom. The molecule has 0 saturated heterocycles. The number of aromatic nitrogens is 1. The summed E-state index contributed by atoms with van der Waals surface area (Å²) >= 11 is 0. The first-order valence-electron chi connectivity index (χ1n) is 7.48. The van der Waals surface area contributed by atoms with Crippen LogP contribution in [0.5, 0.6) is 5.75 Å². The van der Waals surface area contributed by atoms with E-state index in [0.29, 0.717) is 11.0 Å². The molecule has 2 aromatic heterocycles. The lowest BCUT2D eigenvalue weighted by molar-refractivity contribution is 0.103. The average molecular weight is 333 g/mol. The van der Waals surface area contributed by atoms with Gasteiger partial charge in [0.15, 0.2) is 0 Å². The number of pyridine rings is 1. The second kappa shape index (κ2) is 5.45. The monoisotopic (exact) mass is 333 g/mol. The van der Waals surface area contributed by atoms with Crippen molar-refractivity contribution in [2.75, 3.05) is 0 Å². The number of benzene rings is 2. The highest BCUT2D eigenvalue weighted by Crippen LogP contribution is 2.21. The number of para-hydroxylation sites is 2. The van der Waals surface area contributed by atoms with Gasteiger partial charge in [-0.15, -0.1) is 0 Å². The number of aromatic amines is 1. The van der Waals surface area contributed by atoms with Gasteiger partial charge in [-0.3, -0.25) is 19.4 Å². The molecule has 2 N–H and O–H groups in total. The van der Waals surface area contributed by atoms with Crippen molar-refractivity contribution >= 4 is 27.9 Å². The maximum atomic E-state index is 12.6. The molecule has 2 heterocycles. The summed E-state index contributed by atoms with van der Waals surface area (Å²) in [6, 6.07) is 13.7. The van der Waals surface area contributed by atoms with Gasteiger partial charge in [-0.05, 0) is 30.3 Å². The van der Waals surface area contributed by atoms with Gasteiger partial charge < -0.3 is 9.52 Å². The maximum Gasteiger partial charge on any atom is 0.262 e. The summed E-state index contributed by atoms with van der Waals surface area (Å²) in [5.74, 6) is -0.911. The summed E-state index contributed by atoms with van der Waals surface area (Å²) in [6.07, 6.45) is 0. The van der Waals surface area contributed by atoms with Gasteiger partial charge in [-0.25, -0.2) is 0 Å². The van der Waals surface area contributed by atoms with E-state index < -0.39 is 11.3 Å². The smallest absolute Gasteiger partial charge is 0.262 e. The van der Waals surface area contributed by atoms with Gasteiger partial charge in [0.25, 0.3) is 5.56 Å². The molecule has 4 aromatic rings. The molecule has 0 saturated carbocycles. The molecule has 6 heteroatoms. The molecular weight excluding hydrogens is 322 g/mol. The quantitative estimate of drug-likeness (QED) is 0.434. The van der Waals surface area contributed by atoms with Crippen LogP contribution < -0.4 is 11.0 Å². The fourth-order valence-electron chi connectivity index (χ4n) is 2.74. The zero-order chi connectivity index (χ0) is 17.6. The number of nitrogens with one attached hydrogen (secondary N) is 1. The second-order valence-electron chi connectivity index (χ2n) is 5.53. The van der Waals surface area contributed by atoms with E-state index in [1.54, 1.807) is 36.4 Å². The molecule has 0 spiro atoms. The van der Waals surface area contributed by atoms with E-state index in [4.69, 9.17) is 4.42 Å². The van der Waals surface area contributed by atoms with Crippen molar-refractivity contribution in [2.45, 2.75) is 0 Å². The molecule has 2 aromatic carbocycles. The van der Waals surface area contributed by atoms with Crippen molar-refractivity contribution in [3.63, 3.8) is 0 Å². The standard InChI is InChI=1S/C19H11NO5/c21-14-7-3-1-5-10(14)16(22)12-9-13-17(23)11-6-2-4-8-15(11)25-19(13)20-18(12)24/h1-9,21H,(H,20,24). The maximum absolute atomic E-state index is 12.6. The van der Waals surface area contributed by atoms with Crippen LogP contribution in [-0.2, 0) is 0 Å². The van der Waals surface area contributed by atoms with Crippen molar-refractivity contribution in [2.24, 2.45) is 0 Å². The molecule has 0 bridgehead atoms. The second-order valence-corrected chi connectivity index (χ2v) is 5.53. The van der Waals surface area contributed by atoms with Crippen molar-refractivity contribution in [1.82, 2.24) is 4.98 Å². The van der Waals surface area contributed by atoms with E-state index in [9.17, 15) is 19.5 Å². The van der Waals surface area contributed by atoms with E-state index in [0.717, 1.165) is 0 Å². The third kappa shape index (κ3) is 2.31. The lowest BCUT2D eigenvalue weighted by atomic mass is 10.0. The molecule has 0 atom stereocenters. The van der Waals surface area contributed by atoms with Crippen LogP contribution in [0.25, 0.3) is 22.1 Å². The Balaban J connectivity index is 2.02. The van der Waals surface area contributed by atoms with Gasteiger partial charge in [0.1, 0.15) is 11.3 Å². The lowest BCUT2D eigenvalue weighted by Crippen LogP contribution is -2.20. The number of carbonyl (C=O) groups is 1. The highest BCUT2D eigenvalue weighted by molar-refractivity contribution is 6.11. The molecule has 25 heavy (non-hydrogen) atoms. The zero-order valence-corrected chi connectivity index (χ0v) is 12.8. The third-order valence-corrected chi connectivity index (χ3v) is 3.99. The van der Waals surface area contributed by atoms with Crippen LogP contribution in [0, 0.1) is 0 Å². The third-order valence-electron chi connectivity index (χ3n) is 3.99. The summed E-state index contributed by atoms with van der Waals surface area (Å²) in [5.41, 5.74) is -0.953. The normalized spacial score (nSPS) is 11.0. The number of H-pyrrole nitrogens is 1. The molecule has 0 amide bonds. The summed E-state index contributed by atoms with van der Waals surface area (Å²) in [4.78, 5) is 40.0. The first-order chi connectivity index (χ1) is 12.1. The number of hydrogen-bond donors (Lipinski definition) is 2.